The molecule has 2 aromatic heterocycles. The van der Waals surface area contributed by atoms with E-state index in [9.17, 15) is 19.2 Å². The number of aryl methyl sites for hydroxylation is 1. The molecule has 162 valence electrons. The lowest BCUT2D eigenvalue weighted by molar-refractivity contribution is 0.0473. The molecule has 0 saturated heterocycles. The highest BCUT2D eigenvalue weighted by Crippen LogP contribution is 2.17. The molecule has 3 rings (SSSR count). The fourth-order valence-electron chi connectivity index (χ4n) is 2.75. The minimum atomic E-state index is -0.852. The lowest BCUT2D eigenvalue weighted by atomic mass is 10.2. The van der Waals surface area contributed by atoms with Crippen molar-refractivity contribution in [1.29, 1.82) is 0 Å². The number of aromatic nitrogens is 3. The van der Waals surface area contributed by atoms with Gasteiger partial charge < -0.3 is 15.2 Å². The Labute approximate surface area is 180 Å². The standard InChI is InChI=1S/C20H20N4O6S/c1-11-22-13(10-31-11)8-29-14-6-4-5-12(7-14)19(27)30-9-15(25)16-17(21)23(2)20(28)24(3)18(16)26/h4-7,10H,8-9,21H2,1-3H3. The molecule has 0 atom stereocenters. The largest absolute Gasteiger partial charge is 0.487 e. The monoisotopic (exact) mass is 444 g/mol. The Kier molecular flexibility index (Phi) is 6.35. The van der Waals surface area contributed by atoms with Crippen molar-refractivity contribution in [1.82, 2.24) is 14.1 Å². The Balaban J connectivity index is 1.68. The lowest BCUT2D eigenvalue weighted by Gasteiger charge is -2.11. The third-order valence-electron chi connectivity index (χ3n) is 4.45. The Hall–Kier alpha value is -3.73. The minimum Gasteiger partial charge on any atom is -0.487 e. The predicted molar refractivity (Wildman–Crippen MR) is 114 cm³/mol. The number of nitrogens with two attached hydrogens (primary N) is 1. The first-order valence-corrected chi connectivity index (χ1v) is 9.96. The van der Waals surface area contributed by atoms with Gasteiger partial charge in [-0.15, -0.1) is 11.3 Å². The Morgan fingerprint density at radius 3 is 2.61 bits per heavy atom. The number of Topliss-reactive ketones (excluding diaryl/α,β-unsaturated/α-hetero) is 1. The van der Waals surface area contributed by atoms with Crippen LogP contribution in [-0.2, 0) is 25.4 Å². The van der Waals surface area contributed by atoms with Gasteiger partial charge in [0, 0.05) is 19.5 Å². The van der Waals surface area contributed by atoms with E-state index in [1.807, 2.05) is 12.3 Å². The fraction of sp³-hybridized carbons (Fsp3) is 0.250. The summed E-state index contributed by atoms with van der Waals surface area (Å²) in [6.07, 6.45) is 0. The lowest BCUT2D eigenvalue weighted by Crippen LogP contribution is -2.42. The van der Waals surface area contributed by atoms with Gasteiger partial charge >= 0.3 is 11.7 Å². The summed E-state index contributed by atoms with van der Waals surface area (Å²) in [5.41, 5.74) is 4.76. The van der Waals surface area contributed by atoms with Gasteiger partial charge in [0.05, 0.1) is 16.3 Å². The van der Waals surface area contributed by atoms with Gasteiger partial charge in [-0.1, -0.05) is 6.07 Å². The highest BCUT2D eigenvalue weighted by Gasteiger charge is 2.21. The summed E-state index contributed by atoms with van der Waals surface area (Å²) in [4.78, 5) is 53.2. The molecule has 11 heteroatoms. The van der Waals surface area contributed by atoms with Crippen molar-refractivity contribution in [3.63, 3.8) is 0 Å². The molecule has 0 aliphatic heterocycles. The van der Waals surface area contributed by atoms with Crippen LogP contribution in [0.4, 0.5) is 5.82 Å². The van der Waals surface area contributed by atoms with Crippen LogP contribution in [0, 0.1) is 6.92 Å². The number of rotatable bonds is 7. The van der Waals surface area contributed by atoms with Crippen LogP contribution in [0.5, 0.6) is 5.75 Å². The zero-order chi connectivity index (χ0) is 22.7. The SMILES string of the molecule is Cc1nc(COc2cccc(C(=O)OCC(=O)c3c(N)n(C)c(=O)n(C)c3=O)c2)cs1. The number of anilines is 1. The van der Waals surface area contributed by atoms with Gasteiger partial charge in [0.25, 0.3) is 5.56 Å². The van der Waals surface area contributed by atoms with Crippen molar-refractivity contribution in [2.75, 3.05) is 12.3 Å². The van der Waals surface area contributed by atoms with Gasteiger partial charge in [-0.05, 0) is 25.1 Å². The predicted octanol–water partition coefficient (Wildman–Crippen LogP) is 1.05. The molecular weight excluding hydrogens is 424 g/mol. The van der Waals surface area contributed by atoms with E-state index in [4.69, 9.17) is 15.2 Å². The van der Waals surface area contributed by atoms with Crippen LogP contribution >= 0.6 is 11.3 Å². The van der Waals surface area contributed by atoms with Crippen LogP contribution in [0.2, 0.25) is 0 Å². The first-order chi connectivity index (χ1) is 14.7. The molecular formula is C20H20N4O6S. The van der Waals surface area contributed by atoms with E-state index < -0.39 is 35.2 Å². The molecule has 0 radical (unpaired) electrons. The highest BCUT2D eigenvalue weighted by atomic mass is 32.1. The summed E-state index contributed by atoms with van der Waals surface area (Å²) in [6, 6.07) is 6.27. The van der Waals surface area contributed by atoms with Crippen LogP contribution in [0.1, 0.15) is 31.4 Å². The van der Waals surface area contributed by atoms with Crippen LogP contribution < -0.4 is 21.7 Å². The van der Waals surface area contributed by atoms with E-state index in [0.29, 0.717) is 5.75 Å². The summed E-state index contributed by atoms with van der Waals surface area (Å²) < 4.78 is 12.4. The number of thiazole rings is 1. The summed E-state index contributed by atoms with van der Waals surface area (Å²) in [7, 11) is 2.56. The van der Waals surface area contributed by atoms with Crippen LogP contribution in [0.3, 0.4) is 0 Å². The number of hydrogen-bond acceptors (Lipinski definition) is 9. The van der Waals surface area contributed by atoms with Gasteiger partial charge in [0.15, 0.2) is 6.61 Å². The zero-order valence-corrected chi connectivity index (χ0v) is 17.9. The average molecular weight is 444 g/mol. The van der Waals surface area contributed by atoms with Crippen molar-refractivity contribution in [2.45, 2.75) is 13.5 Å². The highest BCUT2D eigenvalue weighted by molar-refractivity contribution is 7.09. The van der Waals surface area contributed by atoms with Gasteiger partial charge in [-0.2, -0.15) is 0 Å². The van der Waals surface area contributed by atoms with Crippen LogP contribution in [-0.4, -0.2) is 32.5 Å². The maximum Gasteiger partial charge on any atom is 0.338 e. The summed E-state index contributed by atoms with van der Waals surface area (Å²) in [5.74, 6) is -1.44. The molecule has 2 heterocycles. The van der Waals surface area contributed by atoms with Crippen molar-refractivity contribution >= 4 is 28.9 Å². The number of ketones is 1. The number of hydrogen-bond donors (Lipinski definition) is 1. The maximum absolute atomic E-state index is 12.4. The Morgan fingerprint density at radius 2 is 1.94 bits per heavy atom. The molecule has 10 nitrogen and oxygen atoms in total. The summed E-state index contributed by atoms with van der Waals surface area (Å²) in [5, 5.41) is 2.81. The number of carbonyl (C=O) groups excluding carboxylic acids is 2. The second-order valence-electron chi connectivity index (χ2n) is 6.64. The summed E-state index contributed by atoms with van der Waals surface area (Å²) in [6.45, 7) is 1.43. The molecule has 0 bridgehead atoms. The van der Waals surface area contributed by atoms with Crippen molar-refractivity contribution in [3.05, 3.63) is 72.3 Å². The molecule has 0 saturated carbocycles. The van der Waals surface area contributed by atoms with Crippen LogP contribution in [0.25, 0.3) is 0 Å². The molecule has 0 unspecified atom stereocenters. The topological polar surface area (TPSA) is 136 Å². The van der Waals surface area contributed by atoms with Crippen molar-refractivity contribution in [3.8, 4) is 5.75 Å². The first kappa shape index (κ1) is 22.0. The second-order valence-corrected chi connectivity index (χ2v) is 7.70. The third-order valence-corrected chi connectivity index (χ3v) is 5.27. The number of ether oxygens (including phenoxy) is 2. The van der Waals surface area contributed by atoms with E-state index in [1.165, 1.54) is 37.6 Å². The first-order valence-electron chi connectivity index (χ1n) is 9.08. The molecule has 0 aliphatic carbocycles. The Bertz CT molecular complexity index is 1270. The molecule has 0 amide bonds. The van der Waals surface area contributed by atoms with Gasteiger partial charge in [-0.3, -0.25) is 18.7 Å². The minimum absolute atomic E-state index is 0.168. The van der Waals surface area contributed by atoms with Crippen molar-refractivity contribution in [2.24, 2.45) is 14.1 Å². The van der Waals surface area contributed by atoms with E-state index in [0.717, 1.165) is 19.8 Å². The number of carbonyl (C=O) groups is 2. The third kappa shape index (κ3) is 4.72. The number of nitrogen functional groups attached to an aromatic ring is 1. The molecule has 3 aromatic rings. The van der Waals surface area contributed by atoms with Gasteiger partial charge in [0.1, 0.15) is 23.7 Å². The number of nitrogens with zero attached hydrogens (tertiary/aromatic N) is 3. The number of esters is 1. The molecule has 0 spiro atoms. The molecule has 2 N–H and O–H groups in total. The smallest absolute Gasteiger partial charge is 0.338 e. The quantitative estimate of drug-likeness (QED) is 0.422. The molecule has 0 fully saturated rings. The van der Waals surface area contributed by atoms with E-state index in [2.05, 4.69) is 4.98 Å². The van der Waals surface area contributed by atoms with E-state index >= 15 is 0 Å². The van der Waals surface area contributed by atoms with Crippen LogP contribution in [0.15, 0.2) is 39.2 Å². The normalized spacial score (nSPS) is 10.7. The van der Waals surface area contributed by atoms with Gasteiger partial charge in [0.2, 0.25) is 5.78 Å². The zero-order valence-electron chi connectivity index (χ0n) is 17.1. The molecule has 0 aliphatic rings. The van der Waals surface area contributed by atoms with Gasteiger partial charge in [-0.25, -0.2) is 14.6 Å². The molecule has 1 aromatic carbocycles. The Morgan fingerprint density at radius 1 is 1.19 bits per heavy atom. The molecule has 31 heavy (non-hydrogen) atoms. The maximum atomic E-state index is 12.4. The van der Waals surface area contributed by atoms with E-state index in [-0.39, 0.29) is 18.0 Å². The van der Waals surface area contributed by atoms with Crippen molar-refractivity contribution < 1.29 is 19.1 Å². The fourth-order valence-corrected chi connectivity index (χ4v) is 3.35. The van der Waals surface area contributed by atoms with E-state index in [1.54, 1.807) is 12.1 Å². The second kappa shape index (κ2) is 8.96. The average Bonchev–Trinajstić information content (AvgIpc) is 3.18. The summed E-state index contributed by atoms with van der Waals surface area (Å²) >= 11 is 1.51. The number of benzene rings is 1.